The molecule has 3 aromatic rings. The van der Waals surface area contributed by atoms with Crippen LogP contribution >= 0.6 is 0 Å². The molecule has 10 nitrogen and oxygen atoms in total. The minimum Gasteiger partial charge on any atom is -0.497 e. The Morgan fingerprint density at radius 3 is 1.76 bits per heavy atom. The average Bonchev–Trinajstić information content (AvgIpc) is 3.38. The second kappa shape index (κ2) is 11.8. The van der Waals surface area contributed by atoms with Crippen LogP contribution in [0.15, 0.2) is 60.7 Å². The number of piperazine rings is 1. The number of methoxy groups -OCH3 is 5. The van der Waals surface area contributed by atoms with Crippen molar-refractivity contribution in [3.63, 3.8) is 0 Å². The molecule has 0 saturated carbocycles. The van der Waals surface area contributed by atoms with Crippen molar-refractivity contribution in [2.45, 2.75) is 18.1 Å². The van der Waals surface area contributed by atoms with Crippen molar-refractivity contribution in [2.24, 2.45) is 5.92 Å². The first-order chi connectivity index (χ1) is 20.3. The maximum absolute atomic E-state index is 13.9. The standard InChI is InChI=1S/C32H36N2O8/c1-38-24-10-6-21(7-11-24)32(37,22-8-12-25(39-2)13-9-22)26-18-23-19-33(14-15-34(23)31(26)36)30(35)20-16-27(40-3)29(42-5)28(17-20)41-4/h6-13,16-17,23,26,37H,14-15,18-19H2,1-5H3. The fraction of sp³-hybridized carbons (Fsp3) is 0.375. The predicted molar refractivity (Wildman–Crippen MR) is 155 cm³/mol. The molecule has 0 aliphatic carbocycles. The minimum atomic E-state index is -1.61. The molecule has 0 spiro atoms. The Hall–Kier alpha value is -4.44. The molecule has 222 valence electrons. The molecule has 10 heteroatoms. The van der Waals surface area contributed by atoms with Crippen LogP contribution in [0, 0.1) is 5.92 Å². The molecule has 2 unspecified atom stereocenters. The third-order valence-corrected chi connectivity index (χ3v) is 8.34. The Morgan fingerprint density at radius 2 is 1.31 bits per heavy atom. The third kappa shape index (κ3) is 4.96. The lowest BCUT2D eigenvalue weighted by atomic mass is 9.74. The van der Waals surface area contributed by atoms with Crippen LogP contribution in [0.25, 0.3) is 0 Å². The molecule has 0 aromatic heterocycles. The zero-order valence-electron chi connectivity index (χ0n) is 24.5. The molecule has 2 amide bonds. The lowest BCUT2D eigenvalue weighted by Gasteiger charge is -2.37. The van der Waals surface area contributed by atoms with Crippen molar-refractivity contribution in [3.05, 3.63) is 77.4 Å². The zero-order chi connectivity index (χ0) is 30.0. The Bertz CT molecular complexity index is 1370. The fourth-order valence-corrected chi connectivity index (χ4v) is 6.10. The highest BCUT2D eigenvalue weighted by Crippen LogP contribution is 2.46. The van der Waals surface area contributed by atoms with Gasteiger partial charge in [-0.25, -0.2) is 0 Å². The first kappa shape index (κ1) is 29.1. The number of hydrogen-bond donors (Lipinski definition) is 1. The summed E-state index contributed by atoms with van der Waals surface area (Å²) in [6, 6.07) is 17.2. The molecular weight excluding hydrogens is 540 g/mol. The Labute approximate surface area is 245 Å². The van der Waals surface area contributed by atoms with E-state index >= 15 is 0 Å². The van der Waals surface area contributed by atoms with Gasteiger partial charge in [-0.05, 0) is 53.9 Å². The highest BCUT2D eigenvalue weighted by Gasteiger charge is 2.53. The summed E-state index contributed by atoms with van der Waals surface area (Å²) >= 11 is 0. The predicted octanol–water partition coefficient (Wildman–Crippen LogP) is 3.34. The highest BCUT2D eigenvalue weighted by atomic mass is 16.5. The molecule has 42 heavy (non-hydrogen) atoms. The van der Waals surface area contributed by atoms with Crippen LogP contribution in [0.5, 0.6) is 28.7 Å². The first-order valence-corrected chi connectivity index (χ1v) is 13.7. The van der Waals surface area contributed by atoms with E-state index in [0.717, 1.165) is 0 Å². The van der Waals surface area contributed by atoms with Crippen molar-refractivity contribution >= 4 is 11.8 Å². The molecule has 2 aliphatic heterocycles. The Morgan fingerprint density at radius 1 is 0.786 bits per heavy atom. The molecule has 0 radical (unpaired) electrons. The van der Waals surface area contributed by atoms with Gasteiger partial charge in [-0.15, -0.1) is 0 Å². The maximum Gasteiger partial charge on any atom is 0.254 e. The summed E-state index contributed by atoms with van der Waals surface area (Å²) in [5, 5.41) is 12.5. The van der Waals surface area contributed by atoms with Crippen LogP contribution in [0.4, 0.5) is 0 Å². The second-order valence-corrected chi connectivity index (χ2v) is 10.4. The molecular formula is C32H36N2O8. The Balaban J connectivity index is 1.44. The Kier molecular flexibility index (Phi) is 8.17. The molecule has 3 aromatic carbocycles. The summed E-state index contributed by atoms with van der Waals surface area (Å²) in [6.07, 6.45) is 0.367. The van der Waals surface area contributed by atoms with E-state index in [0.29, 0.717) is 71.5 Å². The van der Waals surface area contributed by atoms with Crippen LogP contribution in [0.3, 0.4) is 0 Å². The summed E-state index contributed by atoms with van der Waals surface area (Å²) in [5.74, 6) is 1.36. The monoisotopic (exact) mass is 576 g/mol. The lowest BCUT2D eigenvalue weighted by Crippen LogP contribution is -2.53. The summed E-state index contributed by atoms with van der Waals surface area (Å²) < 4.78 is 26.9. The number of carbonyl (C=O) groups excluding carboxylic acids is 2. The largest absolute Gasteiger partial charge is 0.497 e. The van der Waals surface area contributed by atoms with Gasteiger partial charge in [0.15, 0.2) is 11.5 Å². The van der Waals surface area contributed by atoms with E-state index in [9.17, 15) is 14.7 Å². The van der Waals surface area contributed by atoms with Crippen LogP contribution in [-0.2, 0) is 10.4 Å². The SMILES string of the molecule is COc1ccc(C(O)(c2ccc(OC)cc2)C2CC3CN(C(=O)c4cc(OC)c(OC)c(OC)c4)CCN3C2=O)cc1. The summed E-state index contributed by atoms with van der Waals surface area (Å²) in [4.78, 5) is 31.1. The first-order valence-electron chi connectivity index (χ1n) is 13.7. The van der Waals surface area contributed by atoms with Gasteiger partial charge < -0.3 is 38.6 Å². The number of fused-ring (bicyclic) bond motifs is 1. The number of ether oxygens (including phenoxy) is 5. The van der Waals surface area contributed by atoms with Crippen molar-refractivity contribution in [1.29, 1.82) is 0 Å². The van der Waals surface area contributed by atoms with Crippen molar-refractivity contribution in [1.82, 2.24) is 9.80 Å². The maximum atomic E-state index is 13.9. The topological polar surface area (TPSA) is 107 Å². The second-order valence-electron chi connectivity index (χ2n) is 10.4. The number of rotatable bonds is 9. The molecule has 2 fully saturated rings. The van der Waals surface area contributed by atoms with Gasteiger partial charge in [0.05, 0.1) is 47.5 Å². The van der Waals surface area contributed by atoms with Crippen LogP contribution in [0.2, 0.25) is 0 Å². The number of benzene rings is 3. The van der Waals surface area contributed by atoms with E-state index < -0.39 is 11.5 Å². The van der Waals surface area contributed by atoms with Crippen molar-refractivity contribution in [3.8, 4) is 28.7 Å². The quantitative estimate of drug-likeness (QED) is 0.414. The summed E-state index contributed by atoms with van der Waals surface area (Å²) in [7, 11) is 7.67. The van der Waals surface area contributed by atoms with Gasteiger partial charge in [-0.2, -0.15) is 0 Å². The van der Waals surface area contributed by atoms with Gasteiger partial charge in [-0.1, -0.05) is 24.3 Å². The van der Waals surface area contributed by atoms with Crippen LogP contribution < -0.4 is 23.7 Å². The zero-order valence-corrected chi connectivity index (χ0v) is 24.5. The molecule has 1 N–H and O–H groups in total. The molecule has 2 saturated heterocycles. The fourth-order valence-electron chi connectivity index (χ4n) is 6.10. The van der Waals surface area contributed by atoms with E-state index in [-0.39, 0.29) is 17.9 Å². The van der Waals surface area contributed by atoms with Gasteiger partial charge in [-0.3, -0.25) is 9.59 Å². The number of hydrogen-bond acceptors (Lipinski definition) is 8. The number of nitrogens with zero attached hydrogens (tertiary/aromatic N) is 2. The summed E-state index contributed by atoms with van der Waals surface area (Å²) in [5.41, 5.74) is -0.0563. The van der Waals surface area contributed by atoms with Gasteiger partial charge in [0, 0.05) is 25.2 Å². The van der Waals surface area contributed by atoms with Gasteiger partial charge in [0.25, 0.3) is 5.91 Å². The van der Waals surface area contributed by atoms with E-state index in [1.54, 1.807) is 84.7 Å². The van der Waals surface area contributed by atoms with E-state index in [1.807, 2.05) is 0 Å². The molecule has 5 rings (SSSR count). The van der Waals surface area contributed by atoms with Gasteiger partial charge >= 0.3 is 0 Å². The molecule has 2 aliphatic rings. The molecule has 0 bridgehead atoms. The molecule has 2 atom stereocenters. The van der Waals surface area contributed by atoms with E-state index in [1.165, 1.54) is 21.3 Å². The van der Waals surface area contributed by atoms with Crippen molar-refractivity contribution < 1.29 is 38.4 Å². The lowest BCUT2D eigenvalue weighted by molar-refractivity contribution is -0.139. The normalized spacial score (nSPS) is 18.4. The van der Waals surface area contributed by atoms with Gasteiger partial charge in [0.2, 0.25) is 11.7 Å². The van der Waals surface area contributed by atoms with Gasteiger partial charge in [0.1, 0.15) is 17.1 Å². The van der Waals surface area contributed by atoms with Crippen LogP contribution in [-0.4, -0.2) is 87.9 Å². The van der Waals surface area contributed by atoms with E-state index in [2.05, 4.69) is 0 Å². The minimum absolute atomic E-state index is 0.144. The number of amides is 2. The van der Waals surface area contributed by atoms with Crippen LogP contribution in [0.1, 0.15) is 27.9 Å². The highest BCUT2D eigenvalue weighted by molar-refractivity contribution is 5.96. The number of aliphatic hydroxyl groups is 1. The smallest absolute Gasteiger partial charge is 0.254 e. The number of carbonyl (C=O) groups is 2. The van der Waals surface area contributed by atoms with E-state index in [4.69, 9.17) is 23.7 Å². The summed E-state index contributed by atoms with van der Waals surface area (Å²) in [6.45, 7) is 1.05. The molecule has 2 heterocycles. The van der Waals surface area contributed by atoms with Crippen molar-refractivity contribution in [2.75, 3.05) is 55.2 Å². The average molecular weight is 577 g/mol. The third-order valence-electron chi connectivity index (χ3n) is 8.34.